The summed E-state index contributed by atoms with van der Waals surface area (Å²) in [5.41, 5.74) is 1.81. The number of nitrogens with zero attached hydrogens (tertiary/aromatic N) is 2. The van der Waals surface area contributed by atoms with Gasteiger partial charge in [0, 0.05) is 44.7 Å². The van der Waals surface area contributed by atoms with Crippen LogP contribution < -0.4 is 15.5 Å². The number of rotatable bonds is 13. The Hall–Kier alpha value is -2.91. The van der Waals surface area contributed by atoms with E-state index in [9.17, 15) is 18.0 Å². The van der Waals surface area contributed by atoms with E-state index in [0.717, 1.165) is 5.69 Å². The van der Waals surface area contributed by atoms with Crippen molar-refractivity contribution in [3.05, 3.63) is 54.1 Å². The fourth-order valence-electron chi connectivity index (χ4n) is 3.68. The highest BCUT2D eigenvalue weighted by Crippen LogP contribution is 2.30. The van der Waals surface area contributed by atoms with Crippen LogP contribution in [0, 0.1) is 0 Å². The number of nitrogens with one attached hydrogen (secondary N) is 2. The number of anilines is 2. The molecule has 2 amide bonds. The minimum Gasteiger partial charge on any atom is -0.370 e. The van der Waals surface area contributed by atoms with Crippen molar-refractivity contribution in [2.75, 3.05) is 42.9 Å². The molecule has 0 saturated carbocycles. The average Bonchev–Trinajstić information content (AvgIpc) is 2.84. The predicted octanol–water partition coefficient (Wildman–Crippen LogP) is 3.71. The van der Waals surface area contributed by atoms with E-state index < -0.39 is 10.0 Å². The Balaban J connectivity index is 2.11. The molecule has 0 aliphatic heterocycles. The van der Waals surface area contributed by atoms with Crippen molar-refractivity contribution in [2.45, 2.75) is 45.4 Å². The molecule has 8 nitrogen and oxygen atoms in total. The zero-order valence-electron chi connectivity index (χ0n) is 20.5. The van der Waals surface area contributed by atoms with Gasteiger partial charge in [-0.3, -0.25) is 9.59 Å². The van der Waals surface area contributed by atoms with Crippen molar-refractivity contribution in [1.29, 1.82) is 0 Å². The summed E-state index contributed by atoms with van der Waals surface area (Å²) in [6.45, 7) is 10.1. The van der Waals surface area contributed by atoms with Gasteiger partial charge in [-0.25, -0.2) is 8.42 Å². The molecule has 0 bridgehead atoms. The molecule has 0 atom stereocenters. The van der Waals surface area contributed by atoms with Crippen molar-refractivity contribution in [2.24, 2.45) is 0 Å². The molecule has 0 aliphatic rings. The van der Waals surface area contributed by atoms with Gasteiger partial charge < -0.3 is 15.5 Å². The Morgan fingerprint density at radius 3 is 2.12 bits per heavy atom. The molecule has 0 aliphatic carbocycles. The van der Waals surface area contributed by atoms with Crippen molar-refractivity contribution >= 4 is 33.2 Å². The number of benzene rings is 2. The first-order chi connectivity index (χ1) is 16.3. The number of carbonyl (C=O) groups excluding carboxylic acids is 2. The maximum absolute atomic E-state index is 13.0. The van der Waals surface area contributed by atoms with E-state index in [0.29, 0.717) is 50.4 Å². The highest BCUT2D eigenvalue weighted by atomic mass is 32.2. The molecule has 0 fully saturated rings. The maximum atomic E-state index is 13.0. The predicted molar refractivity (Wildman–Crippen MR) is 137 cm³/mol. The number of carbonyl (C=O) groups is 2. The van der Waals surface area contributed by atoms with E-state index in [2.05, 4.69) is 15.5 Å². The lowest BCUT2D eigenvalue weighted by atomic mass is 10.2. The number of hydrogen-bond acceptors (Lipinski definition) is 5. The lowest BCUT2D eigenvalue weighted by Crippen LogP contribution is -2.31. The molecule has 0 heterocycles. The fraction of sp³-hybridized carbons (Fsp3) is 0.440. The maximum Gasteiger partial charge on any atom is 0.251 e. The van der Waals surface area contributed by atoms with Crippen LogP contribution in [0.2, 0.25) is 0 Å². The smallest absolute Gasteiger partial charge is 0.251 e. The van der Waals surface area contributed by atoms with Crippen LogP contribution >= 0.6 is 0 Å². The van der Waals surface area contributed by atoms with Crippen molar-refractivity contribution < 1.29 is 18.0 Å². The highest BCUT2D eigenvalue weighted by Gasteiger charge is 2.24. The van der Waals surface area contributed by atoms with Crippen LogP contribution in [-0.4, -0.2) is 57.3 Å². The van der Waals surface area contributed by atoms with Crippen LogP contribution in [0.25, 0.3) is 0 Å². The van der Waals surface area contributed by atoms with Gasteiger partial charge in [0.1, 0.15) is 0 Å². The molecule has 2 N–H and O–H groups in total. The summed E-state index contributed by atoms with van der Waals surface area (Å²) in [7, 11) is -3.66. The molecule has 0 unspecified atom stereocenters. The number of sulfonamides is 1. The zero-order chi connectivity index (χ0) is 25.1. The van der Waals surface area contributed by atoms with Gasteiger partial charge in [-0.05, 0) is 50.6 Å². The molecule has 0 spiro atoms. The van der Waals surface area contributed by atoms with Crippen molar-refractivity contribution in [1.82, 2.24) is 9.62 Å². The van der Waals surface area contributed by atoms with Crippen molar-refractivity contribution in [3.8, 4) is 0 Å². The van der Waals surface area contributed by atoms with Gasteiger partial charge in [-0.1, -0.05) is 32.0 Å². The van der Waals surface area contributed by atoms with Gasteiger partial charge in [0.2, 0.25) is 15.9 Å². The molecule has 0 radical (unpaired) electrons. The summed E-state index contributed by atoms with van der Waals surface area (Å²) in [5, 5.41) is 5.70. The molecule has 0 aromatic heterocycles. The van der Waals surface area contributed by atoms with E-state index >= 15 is 0 Å². The summed E-state index contributed by atoms with van der Waals surface area (Å²) in [6, 6.07) is 13.8. The number of amides is 2. The summed E-state index contributed by atoms with van der Waals surface area (Å²) in [5.74, 6) is -0.418. The topological polar surface area (TPSA) is 98.8 Å². The van der Waals surface area contributed by atoms with Gasteiger partial charge in [0.25, 0.3) is 5.91 Å². The molecular formula is C25H36N4O4S. The molecule has 186 valence electrons. The van der Waals surface area contributed by atoms with E-state index in [-0.39, 0.29) is 23.1 Å². The summed E-state index contributed by atoms with van der Waals surface area (Å²) in [4.78, 5) is 27.0. The second kappa shape index (κ2) is 13.1. The van der Waals surface area contributed by atoms with Crippen LogP contribution in [0.1, 0.15) is 50.9 Å². The molecule has 0 saturated heterocycles. The van der Waals surface area contributed by atoms with Gasteiger partial charge in [0.15, 0.2) is 0 Å². The lowest BCUT2D eigenvalue weighted by molar-refractivity contribution is -0.116. The second-order valence-corrected chi connectivity index (χ2v) is 9.65. The van der Waals surface area contributed by atoms with Crippen molar-refractivity contribution in [3.63, 3.8) is 0 Å². The van der Waals surface area contributed by atoms with Gasteiger partial charge in [-0.2, -0.15) is 4.31 Å². The van der Waals surface area contributed by atoms with Gasteiger partial charge in [-0.15, -0.1) is 0 Å². The summed E-state index contributed by atoms with van der Waals surface area (Å²) >= 11 is 0. The van der Waals surface area contributed by atoms with Gasteiger partial charge >= 0.3 is 0 Å². The monoisotopic (exact) mass is 488 g/mol. The van der Waals surface area contributed by atoms with Crippen LogP contribution in [0.15, 0.2) is 53.4 Å². The second-order valence-electron chi connectivity index (χ2n) is 7.71. The summed E-state index contributed by atoms with van der Waals surface area (Å²) in [6.07, 6.45) is 0.655. The first-order valence-electron chi connectivity index (χ1n) is 11.8. The normalized spacial score (nSPS) is 11.3. The van der Waals surface area contributed by atoms with Crippen LogP contribution in [0.5, 0.6) is 0 Å². The number of hydrogen-bond donors (Lipinski definition) is 2. The third-order valence-corrected chi connectivity index (χ3v) is 7.64. The average molecular weight is 489 g/mol. The van der Waals surface area contributed by atoms with E-state index in [1.165, 1.54) is 10.4 Å². The Morgan fingerprint density at radius 1 is 0.882 bits per heavy atom. The van der Waals surface area contributed by atoms with E-state index in [1.54, 1.807) is 50.2 Å². The SMILES string of the molecule is CCN(CC)c1ccc(S(=O)(=O)N(CC)CC)cc1NC(=O)CCCNC(=O)c1ccccc1. The van der Waals surface area contributed by atoms with Crippen LogP contribution in [0.3, 0.4) is 0 Å². The minimum atomic E-state index is -3.66. The Kier molecular flexibility index (Phi) is 10.5. The molecule has 9 heteroatoms. The quantitative estimate of drug-likeness (QED) is 0.419. The standard InChI is InChI=1S/C25H36N4O4S/c1-5-28(6-2)23-17-16-21(34(32,33)29(7-3)8-4)19-22(23)27-24(30)15-12-18-26-25(31)20-13-10-9-11-14-20/h9-11,13-14,16-17,19H,5-8,12,15,18H2,1-4H3,(H,26,31)(H,27,30). The Morgan fingerprint density at radius 2 is 1.53 bits per heavy atom. The first-order valence-corrected chi connectivity index (χ1v) is 13.2. The largest absolute Gasteiger partial charge is 0.370 e. The Labute approximate surface area is 203 Å². The summed E-state index contributed by atoms with van der Waals surface area (Å²) < 4.78 is 27.4. The molecule has 34 heavy (non-hydrogen) atoms. The molecule has 2 rings (SSSR count). The van der Waals surface area contributed by atoms with E-state index in [1.807, 2.05) is 19.9 Å². The van der Waals surface area contributed by atoms with Crippen LogP contribution in [-0.2, 0) is 14.8 Å². The first kappa shape index (κ1) is 27.3. The van der Waals surface area contributed by atoms with Gasteiger partial charge in [0.05, 0.1) is 16.3 Å². The molecule has 2 aromatic carbocycles. The lowest BCUT2D eigenvalue weighted by Gasteiger charge is -2.26. The fourth-order valence-corrected chi connectivity index (χ4v) is 5.17. The third kappa shape index (κ3) is 7.04. The molecule has 2 aromatic rings. The van der Waals surface area contributed by atoms with E-state index in [4.69, 9.17) is 0 Å². The zero-order valence-corrected chi connectivity index (χ0v) is 21.3. The Bertz CT molecular complexity index is 1050. The molecular weight excluding hydrogens is 452 g/mol. The minimum absolute atomic E-state index is 0.150. The highest BCUT2D eigenvalue weighted by molar-refractivity contribution is 7.89. The van der Waals surface area contributed by atoms with Crippen LogP contribution in [0.4, 0.5) is 11.4 Å². The third-order valence-electron chi connectivity index (χ3n) is 5.59.